The SMILES string of the molecule is CCn1cc(C[C@@H](N)C(=O)O)cn1. The van der Waals surface area contributed by atoms with E-state index in [-0.39, 0.29) is 0 Å². The number of carboxylic acid groups (broad SMARTS) is 1. The molecule has 0 aromatic carbocycles. The van der Waals surface area contributed by atoms with Crippen LogP contribution in [0.15, 0.2) is 12.4 Å². The maximum Gasteiger partial charge on any atom is 0.320 e. The van der Waals surface area contributed by atoms with Gasteiger partial charge in [0, 0.05) is 19.2 Å². The Labute approximate surface area is 76.2 Å². The molecule has 0 aliphatic carbocycles. The van der Waals surface area contributed by atoms with Crippen molar-refractivity contribution < 1.29 is 9.90 Å². The van der Waals surface area contributed by atoms with E-state index in [2.05, 4.69) is 5.10 Å². The van der Waals surface area contributed by atoms with E-state index >= 15 is 0 Å². The van der Waals surface area contributed by atoms with Crippen LogP contribution in [0.25, 0.3) is 0 Å². The zero-order valence-electron chi connectivity index (χ0n) is 7.47. The molecule has 0 amide bonds. The van der Waals surface area contributed by atoms with E-state index < -0.39 is 12.0 Å². The van der Waals surface area contributed by atoms with Crippen molar-refractivity contribution in [1.29, 1.82) is 0 Å². The normalized spacial score (nSPS) is 12.8. The summed E-state index contributed by atoms with van der Waals surface area (Å²) >= 11 is 0. The molecule has 5 nitrogen and oxygen atoms in total. The molecule has 3 N–H and O–H groups in total. The van der Waals surface area contributed by atoms with Crippen molar-refractivity contribution >= 4 is 5.97 Å². The summed E-state index contributed by atoms with van der Waals surface area (Å²) in [6.07, 6.45) is 3.78. The van der Waals surface area contributed by atoms with Crippen molar-refractivity contribution in [3.8, 4) is 0 Å². The van der Waals surface area contributed by atoms with Gasteiger partial charge in [-0.2, -0.15) is 5.10 Å². The van der Waals surface area contributed by atoms with Gasteiger partial charge in [0.25, 0.3) is 0 Å². The van der Waals surface area contributed by atoms with E-state index in [1.54, 1.807) is 10.9 Å². The average Bonchev–Trinajstić information content (AvgIpc) is 2.52. The van der Waals surface area contributed by atoms with Crippen LogP contribution in [0.2, 0.25) is 0 Å². The number of hydrogen-bond donors (Lipinski definition) is 2. The Morgan fingerprint density at radius 3 is 3.00 bits per heavy atom. The number of aromatic nitrogens is 2. The Balaban J connectivity index is 2.58. The number of aryl methyl sites for hydroxylation is 1. The molecule has 13 heavy (non-hydrogen) atoms. The van der Waals surface area contributed by atoms with Crippen molar-refractivity contribution in [1.82, 2.24) is 9.78 Å². The summed E-state index contributed by atoms with van der Waals surface area (Å²) in [5.41, 5.74) is 6.22. The first-order valence-electron chi connectivity index (χ1n) is 4.13. The number of nitrogens with two attached hydrogens (primary N) is 1. The third-order valence-electron chi connectivity index (χ3n) is 1.78. The Morgan fingerprint density at radius 2 is 2.54 bits per heavy atom. The molecule has 0 fully saturated rings. The van der Waals surface area contributed by atoms with E-state index in [0.29, 0.717) is 6.42 Å². The zero-order chi connectivity index (χ0) is 9.84. The molecule has 1 aromatic rings. The van der Waals surface area contributed by atoms with Crippen LogP contribution in [0.3, 0.4) is 0 Å². The van der Waals surface area contributed by atoms with Crippen molar-refractivity contribution in [2.45, 2.75) is 25.9 Å². The molecule has 1 rings (SSSR count). The van der Waals surface area contributed by atoms with Crippen LogP contribution in [0.1, 0.15) is 12.5 Å². The fourth-order valence-electron chi connectivity index (χ4n) is 1.03. The lowest BCUT2D eigenvalue weighted by atomic mass is 10.1. The highest BCUT2D eigenvalue weighted by molar-refractivity contribution is 5.73. The minimum Gasteiger partial charge on any atom is -0.480 e. The van der Waals surface area contributed by atoms with Gasteiger partial charge in [-0.1, -0.05) is 0 Å². The maximum absolute atomic E-state index is 10.4. The van der Waals surface area contributed by atoms with Crippen LogP contribution in [0, 0.1) is 0 Å². The fourth-order valence-corrected chi connectivity index (χ4v) is 1.03. The number of carboxylic acids is 1. The molecule has 1 heterocycles. The van der Waals surface area contributed by atoms with E-state index in [9.17, 15) is 4.79 Å². The Bertz CT molecular complexity index is 295. The Hall–Kier alpha value is -1.36. The van der Waals surface area contributed by atoms with Gasteiger partial charge in [0.2, 0.25) is 0 Å². The third-order valence-corrected chi connectivity index (χ3v) is 1.78. The monoisotopic (exact) mass is 183 g/mol. The van der Waals surface area contributed by atoms with Crippen LogP contribution < -0.4 is 5.73 Å². The van der Waals surface area contributed by atoms with Gasteiger partial charge in [-0.05, 0) is 12.5 Å². The van der Waals surface area contributed by atoms with Crippen LogP contribution in [0.4, 0.5) is 0 Å². The van der Waals surface area contributed by atoms with E-state index in [4.69, 9.17) is 10.8 Å². The number of nitrogens with zero attached hydrogens (tertiary/aromatic N) is 2. The van der Waals surface area contributed by atoms with E-state index in [0.717, 1.165) is 12.1 Å². The van der Waals surface area contributed by atoms with Gasteiger partial charge >= 0.3 is 5.97 Å². The molecule has 0 aliphatic rings. The largest absolute Gasteiger partial charge is 0.480 e. The van der Waals surface area contributed by atoms with E-state index in [1.165, 1.54) is 0 Å². The summed E-state index contributed by atoms with van der Waals surface area (Å²) in [6, 6.07) is -0.838. The number of carbonyl (C=O) groups is 1. The van der Waals surface area contributed by atoms with Crippen molar-refractivity contribution in [3.05, 3.63) is 18.0 Å². The smallest absolute Gasteiger partial charge is 0.320 e. The highest BCUT2D eigenvalue weighted by atomic mass is 16.4. The Morgan fingerprint density at radius 1 is 1.85 bits per heavy atom. The van der Waals surface area contributed by atoms with Gasteiger partial charge in [0.1, 0.15) is 6.04 Å². The molecule has 5 heteroatoms. The van der Waals surface area contributed by atoms with Crippen LogP contribution in [-0.4, -0.2) is 26.9 Å². The van der Waals surface area contributed by atoms with Gasteiger partial charge < -0.3 is 10.8 Å². The van der Waals surface area contributed by atoms with Crippen LogP contribution in [-0.2, 0) is 17.8 Å². The summed E-state index contributed by atoms with van der Waals surface area (Å²) < 4.78 is 1.74. The Kier molecular flexibility index (Phi) is 3.02. The number of aliphatic carboxylic acids is 1. The predicted octanol–water partition coefficient (Wildman–Crippen LogP) is -0.143. The first-order chi connectivity index (χ1) is 6.13. The third kappa shape index (κ3) is 2.55. The number of hydrogen-bond acceptors (Lipinski definition) is 3. The minimum atomic E-state index is -0.982. The summed E-state index contributed by atoms with van der Waals surface area (Å²) in [5, 5.41) is 12.6. The highest BCUT2D eigenvalue weighted by Gasteiger charge is 2.12. The van der Waals surface area contributed by atoms with Crippen LogP contribution >= 0.6 is 0 Å². The zero-order valence-corrected chi connectivity index (χ0v) is 7.47. The molecule has 0 saturated heterocycles. The lowest BCUT2D eigenvalue weighted by molar-refractivity contribution is -0.138. The topological polar surface area (TPSA) is 81.1 Å². The molecule has 0 bridgehead atoms. The second-order valence-corrected chi connectivity index (χ2v) is 2.85. The van der Waals surface area contributed by atoms with Gasteiger partial charge in [0.05, 0.1) is 6.20 Å². The predicted molar refractivity (Wildman–Crippen MR) is 47.2 cm³/mol. The average molecular weight is 183 g/mol. The summed E-state index contributed by atoms with van der Waals surface area (Å²) in [5.74, 6) is -0.982. The molecule has 72 valence electrons. The lowest BCUT2D eigenvalue weighted by Crippen LogP contribution is -2.32. The van der Waals surface area contributed by atoms with Crippen molar-refractivity contribution in [2.24, 2.45) is 5.73 Å². The molecular weight excluding hydrogens is 170 g/mol. The van der Waals surface area contributed by atoms with Gasteiger partial charge in [-0.15, -0.1) is 0 Å². The molecular formula is C8H13N3O2. The highest BCUT2D eigenvalue weighted by Crippen LogP contribution is 2.01. The first kappa shape index (κ1) is 9.73. The maximum atomic E-state index is 10.4. The second-order valence-electron chi connectivity index (χ2n) is 2.85. The van der Waals surface area contributed by atoms with Crippen LogP contribution in [0.5, 0.6) is 0 Å². The minimum absolute atomic E-state index is 0.329. The number of rotatable bonds is 4. The second kappa shape index (κ2) is 4.04. The van der Waals surface area contributed by atoms with Gasteiger partial charge in [-0.3, -0.25) is 9.48 Å². The standard InChI is InChI=1S/C8H13N3O2/c1-2-11-5-6(4-10-11)3-7(9)8(12)13/h4-5,7H,2-3,9H2,1H3,(H,12,13)/t7-/m1/s1. The molecule has 0 spiro atoms. The van der Waals surface area contributed by atoms with E-state index in [1.807, 2.05) is 13.1 Å². The quantitative estimate of drug-likeness (QED) is 0.680. The summed E-state index contributed by atoms with van der Waals surface area (Å²) in [7, 11) is 0. The fraction of sp³-hybridized carbons (Fsp3) is 0.500. The van der Waals surface area contributed by atoms with Crippen molar-refractivity contribution in [3.63, 3.8) is 0 Å². The molecule has 0 radical (unpaired) electrons. The molecule has 1 atom stereocenters. The molecule has 0 unspecified atom stereocenters. The summed E-state index contributed by atoms with van der Waals surface area (Å²) in [6.45, 7) is 2.75. The molecule has 0 saturated carbocycles. The molecule has 1 aromatic heterocycles. The van der Waals surface area contributed by atoms with Crippen molar-refractivity contribution in [2.75, 3.05) is 0 Å². The van der Waals surface area contributed by atoms with Gasteiger partial charge in [-0.25, -0.2) is 0 Å². The lowest BCUT2D eigenvalue weighted by Gasteiger charge is -2.02. The summed E-state index contributed by atoms with van der Waals surface area (Å²) in [4.78, 5) is 10.4. The first-order valence-corrected chi connectivity index (χ1v) is 4.13. The molecule has 0 aliphatic heterocycles. The van der Waals surface area contributed by atoms with Gasteiger partial charge in [0.15, 0.2) is 0 Å².